The summed E-state index contributed by atoms with van der Waals surface area (Å²) < 4.78 is 68.7. The maximum atomic E-state index is 13.1. The number of rotatable bonds is 82. The van der Waals surface area contributed by atoms with Crippen molar-refractivity contribution in [1.29, 1.82) is 0 Å². The number of carbonyl (C=O) groups excluding carboxylic acids is 4. The minimum absolute atomic E-state index is 0.104. The molecule has 0 fully saturated rings. The number of unbranched alkanes of at least 4 members (excludes halogenated alkanes) is 52. The SMILES string of the molecule is CCCCCCCCCCCCCCCCCCCCCCC(=O)OC[C@H](COP(=O)(O)OC[C@@H](O)COP(=O)(O)OC[C@@H](COC(=O)CCCCCCCCCCC(C)C)OC(=O)CCCCCCCCCCC(C)C)OC(=O)CCCCCCCCCCCCCCCCCCCCCC. The summed E-state index contributed by atoms with van der Waals surface area (Å²) in [7, 11) is -9.92. The van der Waals surface area contributed by atoms with Crippen molar-refractivity contribution < 1.29 is 80.2 Å². The molecule has 606 valence electrons. The van der Waals surface area contributed by atoms with Crippen LogP contribution in [0.4, 0.5) is 0 Å². The van der Waals surface area contributed by atoms with Crippen molar-refractivity contribution in [3.63, 3.8) is 0 Å². The average molecular weight is 1490 g/mol. The number of phosphoric acid groups is 2. The maximum Gasteiger partial charge on any atom is 0.472 e. The molecule has 0 aromatic heterocycles. The topological polar surface area (TPSA) is 237 Å². The summed E-state index contributed by atoms with van der Waals surface area (Å²) >= 11 is 0. The number of carbonyl (C=O) groups is 4. The first-order valence-corrected chi connectivity index (χ1v) is 46.0. The van der Waals surface area contributed by atoms with Gasteiger partial charge in [-0.05, 0) is 37.5 Å². The van der Waals surface area contributed by atoms with E-state index in [2.05, 4.69) is 41.5 Å². The summed E-state index contributed by atoms with van der Waals surface area (Å²) in [5.41, 5.74) is 0. The van der Waals surface area contributed by atoms with Crippen LogP contribution in [0.15, 0.2) is 0 Å². The Morgan fingerprint density at radius 1 is 0.265 bits per heavy atom. The molecule has 0 aromatic carbocycles. The summed E-state index contributed by atoms with van der Waals surface area (Å²) in [6.45, 7) is 9.56. The predicted octanol–water partition coefficient (Wildman–Crippen LogP) is 25.1. The molecule has 5 atom stereocenters. The molecule has 0 amide bonds. The zero-order valence-corrected chi connectivity index (χ0v) is 68.7. The standard InChI is InChI=1S/C83H162O17P2/c1-7-9-11-13-15-17-19-21-23-25-27-29-31-33-35-37-39-47-53-59-65-80(85)93-71-78(99-82(87)67-61-55-49-40-38-36-34-32-30-28-26-24-22-20-18-16-14-12-10-8-2)73-97-101(89,90)95-69-77(84)70-96-102(91,92)98-74-79(100-83(88)68-62-56-50-44-42-46-52-58-64-76(5)6)72-94-81(86)66-60-54-48-43-41-45-51-57-63-75(3)4/h75-79,84H,7-74H2,1-6H3,(H,89,90)(H,91,92)/t77-,78-,79-/m1/s1. The third-order valence-electron chi connectivity index (χ3n) is 19.5. The second-order valence-corrected chi connectivity index (χ2v) is 33.7. The van der Waals surface area contributed by atoms with E-state index in [1.54, 1.807) is 0 Å². The molecule has 0 spiro atoms. The monoisotopic (exact) mass is 1490 g/mol. The van der Waals surface area contributed by atoms with E-state index in [4.69, 9.17) is 37.0 Å². The number of hydrogen-bond acceptors (Lipinski definition) is 15. The van der Waals surface area contributed by atoms with Crippen LogP contribution >= 0.6 is 15.6 Å². The molecule has 0 aliphatic heterocycles. The van der Waals surface area contributed by atoms with Crippen LogP contribution in [0.25, 0.3) is 0 Å². The van der Waals surface area contributed by atoms with Gasteiger partial charge >= 0.3 is 39.5 Å². The van der Waals surface area contributed by atoms with Gasteiger partial charge in [-0.3, -0.25) is 37.3 Å². The van der Waals surface area contributed by atoms with Crippen LogP contribution in [-0.4, -0.2) is 96.7 Å². The fraction of sp³-hybridized carbons (Fsp3) is 0.952. The molecular weight excluding hydrogens is 1330 g/mol. The normalized spacial score (nSPS) is 13.9. The van der Waals surface area contributed by atoms with Gasteiger partial charge in [0.25, 0.3) is 0 Å². The lowest BCUT2D eigenvalue weighted by atomic mass is 10.0. The van der Waals surface area contributed by atoms with Crippen LogP contribution in [0.5, 0.6) is 0 Å². The minimum Gasteiger partial charge on any atom is -0.462 e. The molecular formula is C83H162O17P2. The van der Waals surface area contributed by atoms with Crippen LogP contribution in [0.3, 0.4) is 0 Å². The van der Waals surface area contributed by atoms with Crippen molar-refractivity contribution in [2.75, 3.05) is 39.6 Å². The quantitative estimate of drug-likeness (QED) is 0.0222. The Balaban J connectivity index is 5.21. The minimum atomic E-state index is -4.96. The molecule has 0 rings (SSSR count). The smallest absolute Gasteiger partial charge is 0.462 e. The summed E-state index contributed by atoms with van der Waals surface area (Å²) in [5, 5.41) is 10.6. The fourth-order valence-corrected chi connectivity index (χ4v) is 14.5. The van der Waals surface area contributed by atoms with Crippen molar-refractivity contribution >= 4 is 39.5 Å². The number of aliphatic hydroxyl groups is 1. The Morgan fingerprint density at radius 2 is 0.451 bits per heavy atom. The first kappa shape index (κ1) is 100. The Bertz CT molecular complexity index is 1960. The third-order valence-corrected chi connectivity index (χ3v) is 21.4. The largest absolute Gasteiger partial charge is 0.472 e. The highest BCUT2D eigenvalue weighted by Crippen LogP contribution is 2.45. The molecule has 0 aliphatic carbocycles. The summed E-state index contributed by atoms with van der Waals surface area (Å²) in [6, 6.07) is 0. The number of ether oxygens (including phenoxy) is 4. The molecule has 0 radical (unpaired) electrons. The molecule has 0 aromatic rings. The second kappa shape index (κ2) is 74.5. The maximum absolute atomic E-state index is 13.1. The second-order valence-electron chi connectivity index (χ2n) is 30.8. The molecule has 0 aliphatic rings. The van der Waals surface area contributed by atoms with Gasteiger partial charge in [-0.25, -0.2) is 9.13 Å². The van der Waals surface area contributed by atoms with Gasteiger partial charge in [-0.2, -0.15) is 0 Å². The van der Waals surface area contributed by atoms with E-state index in [1.165, 1.54) is 257 Å². The lowest BCUT2D eigenvalue weighted by molar-refractivity contribution is -0.161. The number of esters is 4. The van der Waals surface area contributed by atoms with Gasteiger partial charge in [-0.1, -0.05) is 388 Å². The lowest BCUT2D eigenvalue weighted by Crippen LogP contribution is -2.30. The Morgan fingerprint density at radius 3 is 0.667 bits per heavy atom. The van der Waals surface area contributed by atoms with Crippen molar-refractivity contribution in [2.45, 2.75) is 458 Å². The van der Waals surface area contributed by atoms with Gasteiger partial charge in [-0.15, -0.1) is 0 Å². The number of hydrogen-bond donors (Lipinski definition) is 3. The Kier molecular flexibility index (Phi) is 73.1. The van der Waals surface area contributed by atoms with Crippen LogP contribution < -0.4 is 0 Å². The molecule has 17 nitrogen and oxygen atoms in total. The van der Waals surface area contributed by atoms with Gasteiger partial charge < -0.3 is 33.8 Å². The van der Waals surface area contributed by atoms with E-state index >= 15 is 0 Å². The van der Waals surface area contributed by atoms with E-state index in [1.807, 2.05) is 0 Å². The van der Waals surface area contributed by atoms with Gasteiger partial charge in [0.2, 0.25) is 0 Å². The zero-order chi connectivity index (χ0) is 74.9. The third kappa shape index (κ3) is 76.3. The molecule has 19 heteroatoms. The van der Waals surface area contributed by atoms with Crippen LogP contribution in [-0.2, 0) is 65.4 Å². The van der Waals surface area contributed by atoms with E-state index in [-0.39, 0.29) is 25.7 Å². The van der Waals surface area contributed by atoms with E-state index in [9.17, 15) is 43.2 Å². The average Bonchev–Trinajstić information content (AvgIpc) is 0.925. The molecule has 0 bridgehead atoms. The van der Waals surface area contributed by atoms with Crippen LogP contribution in [0.1, 0.15) is 440 Å². The predicted molar refractivity (Wildman–Crippen MR) is 418 cm³/mol. The Hall–Kier alpha value is -1.94. The summed E-state index contributed by atoms with van der Waals surface area (Å²) in [6.07, 6.45) is 65.5. The van der Waals surface area contributed by atoms with E-state index in [0.29, 0.717) is 25.7 Å². The number of phosphoric ester groups is 2. The van der Waals surface area contributed by atoms with E-state index < -0.39 is 97.5 Å². The van der Waals surface area contributed by atoms with Crippen molar-refractivity contribution in [3.8, 4) is 0 Å². The zero-order valence-electron chi connectivity index (χ0n) is 66.9. The lowest BCUT2D eigenvalue weighted by Gasteiger charge is -2.21. The summed E-state index contributed by atoms with van der Waals surface area (Å²) in [4.78, 5) is 73.0. The molecule has 0 saturated heterocycles. The number of aliphatic hydroxyl groups excluding tert-OH is 1. The molecule has 102 heavy (non-hydrogen) atoms. The Labute approximate surface area is 626 Å². The highest BCUT2D eigenvalue weighted by atomic mass is 31.2. The van der Waals surface area contributed by atoms with Crippen LogP contribution in [0, 0.1) is 11.8 Å². The van der Waals surface area contributed by atoms with Crippen molar-refractivity contribution in [3.05, 3.63) is 0 Å². The highest BCUT2D eigenvalue weighted by Gasteiger charge is 2.30. The molecule has 3 N–H and O–H groups in total. The van der Waals surface area contributed by atoms with Crippen molar-refractivity contribution in [1.82, 2.24) is 0 Å². The molecule has 2 unspecified atom stereocenters. The highest BCUT2D eigenvalue weighted by molar-refractivity contribution is 7.47. The first-order chi connectivity index (χ1) is 49.4. The summed E-state index contributed by atoms with van der Waals surface area (Å²) in [5.74, 6) is -0.666. The molecule has 0 saturated carbocycles. The first-order valence-electron chi connectivity index (χ1n) is 43.0. The van der Waals surface area contributed by atoms with Crippen molar-refractivity contribution in [2.24, 2.45) is 11.8 Å². The van der Waals surface area contributed by atoms with Gasteiger partial charge in [0.1, 0.15) is 19.3 Å². The van der Waals surface area contributed by atoms with Crippen LogP contribution in [0.2, 0.25) is 0 Å². The van der Waals surface area contributed by atoms with Gasteiger partial charge in [0, 0.05) is 25.7 Å². The van der Waals surface area contributed by atoms with Gasteiger partial charge in [0.05, 0.1) is 26.4 Å². The van der Waals surface area contributed by atoms with E-state index in [0.717, 1.165) is 102 Å². The molecule has 0 heterocycles. The fourth-order valence-electron chi connectivity index (χ4n) is 12.9. The van der Waals surface area contributed by atoms with Gasteiger partial charge in [0.15, 0.2) is 12.2 Å².